The van der Waals surface area contributed by atoms with Crippen LogP contribution in [-0.4, -0.2) is 37.3 Å². The van der Waals surface area contributed by atoms with Crippen molar-refractivity contribution in [2.45, 2.75) is 25.4 Å². The van der Waals surface area contributed by atoms with E-state index in [4.69, 9.17) is 33.7 Å². The highest BCUT2D eigenvalue weighted by Crippen LogP contribution is 2.28. The Balaban J connectivity index is 1.85. The van der Waals surface area contributed by atoms with Crippen molar-refractivity contribution in [2.24, 2.45) is 5.73 Å². The number of piperidine rings is 1. The maximum Gasteiger partial charge on any atom is 0.147 e. The Morgan fingerprint density at radius 1 is 1.37 bits per heavy atom. The number of anilines is 1. The summed E-state index contributed by atoms with van der Waals surface area (Å²) < 4.78 is 5.78. The molecule has 4 nitrogen and oxygen atoms in total. The molecule has 0 aliphatic carbocycles. The number of nitrogens with two attached hydrogens (primary N) is 1. The number of hydrogen-bond donors (Lipinski definition) is 1. The van der Waals surface area contributed by atoms with E-state index in [1.165, 1.54) is 0 Å². The van der Waals surface area contributed by atoms with Gasteiger partial charge in [-0.3, -0.25) is 0 Å². The Labute approximate surface area is 123 Å². The second-order valence-corrected chi connectivity index (χ2v) is 5.50. The second kappa shape index (κ2) is 7.29. The van der Waals surface area contributed by atoms with Gasteiger partial charge in [-0.2, -0.15) is 0 Å². The largest absolute Gasteiger partial charge is 0.378 e. The van der Waals surface area contributed by atoms with E-state index in [0.29, 0.717) is 22.7 Å². The lowest BCUT2D eigenvalue weighted by molar-refractivity contribution is 0.0365. The predicted molar refractivity (Wildman–Crippen MR) is 79.1 cm³/mol. The van der Waals surface area contributed by atoms with E-state index < -0.39 is 0 Å². The van der Waals surface area contributed by atoms with Crippen molar-refractivity contribution in [1.82, 2.24) is 4.98 Å². The molecule has 2 heterocycles. The average Bonchev–Trinajstić information content (AvgIpc) is 2.40. The van der Waals surface area contributed by atoms with Gasteiger partial charge in [0.05, 0.1) is 16.1 Å². The van der Waals surface area contributed by atoms with Gasteiger partial charge in [0.15, 0.2) is 0 Å². The van der Waals surface area contributed by atoms with Crippen LogP contribution in [0.4, 0.5) is 5.82 Å². The lowest BCUT2D eigenvalue weighted by atomic mass is 10.1. The monoisotopic (exact) mass is 303 g/mol. The van der Waals surface area contributed by atoms with Crippen LogP contribution in [0.2, 0.25) is 10.0 Å². The molecule has 0 spiro atoms. The lowest BCUT2D eigenvalue weighted by Gasteiger charge is -2.33. The molecule has 2 rings (SSSR count). The molecule has 0 bridgehead atoms. The number of pyridine rings is 1. The van der Waals surface area contributed by atoms with E-state index in [1.807, 2.05) is 0 Å². The summed E-state index contributed by atoms with van der Waals surface area (Å²) in [7, 11) is 0. The molecule has 0 radical (unpaired) electrons. The lowest BCUT2D eigenvalue weighted by Crippen LogP contribution is -2.37. The average molecular weight is 304 g/mol. The van der Waals surface area contributed by atoms with Crippen LogP contribution >= 0.6 is 23.2 Å². The van der Waals surface area contributed by atoms with Crippen molar-refractivity contribution < 1.29 is 4.74 Å². The summed E-state index contributed by atoms with van der Waals surface area (Å²) >= 11 is 12.0. The molecule has 1 saturated heterocycles. The van der Waals surface area contributed by atoms with Crippen LogP contribution in [0.5, 0.6) is 0 Å². The molecular weight excluding hydrogens is 285 g/mol. The summed E-state index contributed by atoms with van der Waals surface area (Å²) in [6.07, 6.45) is 4.86. The first-order valence-corrected chi connectivity index (χ1v) is 7.34. The van der Waals surface area contributed by atoms with Crippen molar-refractivity contribution in [3.05, 3.63) is 22.3 Å². The third kappa shape index (κ3) is 4.21. The summed E-state index contributed by atoms with van der Waals surface area (Å²) in [4.78, 5) is 6.49. The van der Waals surface area contributed by atoms with Gasteiger partial charge >= 0.3 is 0 Å². The molecule has 0 amide bonds. The fraction of sp³-hybridized carbons (Fsp3) is 0.615. The zero-order valence-corrected chi connectivity index (χ0v) is 12.3. The van der Waals surface area contributed by atoms with Gasteiger partial charge in [0, 0.05) is 25.9 Å². The van der Waals surface area contributed by atoms with E-state index in [9.17, 15) is 0 Å². The molecule has 106 valence electrons. The fourth-order valence-corrected chi connectivity index (χ4v) is 2.71. The van der Waals surface area contributed by atoms with Gasteiger partial charge in [-0.1, -0.05) is 23.2 Å². The molecule has 1 aromatic heterocycles. The third-order valence-electron chi connectivity index (χ3n) is 3.23. The Bertz CT molecular complexity index is 409. The maximum absolute atomic E-state index is 6.17. The van der Waals surface area contributed by atoms with Crippen LogP contribution in [0.15, 0.2) is 12.3 Å². The Morgan fingerprint density at radius 3 is 2.74 bits per heavy atom. The zero-order valence-electron chi connectivity index (χ0n) is 10.8. The number of hydrogen-bond acceptors (Lipinski definition) is 4. The van der Waals surface area contributed by atoms with Crippen LogP contribution < -0.4 is 10.6 Å². The summed E-state index contributed by atoms with van der Waals surface area (Å²) in [5, 5.41) is 1.17. The van der Waals surface area contributed by atoms with Crippen molar-refractivity contribution >= 4 is 29.0 Å². The van der Waals surface area contributed by atoms with E-state index in [-0.39, 0.29) is 0 Å². The summed E-state index contributed by atoms with van der Waals surface area (Å²) in [5.74, 6) is 0.812. The molecule has 0 aromatic carbocycles. The first-order valence-electron chi connectivity index (χ1n) is 6.58. The van der Waals surface area contributed by atoms with Crippen LogP contribution in [0, 0.1) is 0 Å². The highest BCUT2D eigenvalue weighted by atomic mass is 35.5. The fourth-order valence-electron chi connectivity index (χ4n) is 2.21. The van der Waals surface area contributed by atoms with E-state index in [1.54, 1.807) is 12.3 Å². The van der Waals surface area contributed by atoms with Gasteiger partial charge < -0.3 is 15.4 Å². The minimum atomic E-state index is 0.328. The van der Waals surface area contributed by atoms with E-state index >= 15 is 0 Å². The first kappa shape index (κ1) is 14.9. The van der Waals surface area contributed by atoms with Crippen molar-refractivity contribution in [1.29, 1.82) is 0 Å². The molecule has 19 heavy (non-hydrogen) atoms. The molecule has 1 aliphatic heterocycles. The Morgan fingerprint density at radius 2 is 2.11 bits per heavy atom. The van der Waals surface area contributed by atoms with Crippen LogP contribution in [-0.2, 0) is 4.74 Å². The molecule has 0 unspecified atom stereocenters. The highest BCUT2D eigenvalue weighted by molar-refractivity contribution is 6.36. The van der Waals surface area contributed by atoms with Crippen molar-refractivity contribution in [2.75, 3.05) is 31.1 Å². The molecule has 6 heteroatoms. The second-order valence-electron chi connectivity index (χ2n) is 4.66. The van der Waals surface area contributed by atoms with Gasteiger partial charge in [0.1, 0.15) is 5.82 Å². The predicted octanol–water partition coefficient (Wildman–Crippen LogP) is 2.72. The Hall–Kier alpha value is -0.550. The summed E-state index contributed by atoms with van der Waals surface area (Å²) in [6.45, 7) is 3.24. The van der Waals surface area contributed by atoms with E-state index in [0.717, 1.165) is 44.8 Å². The number of ether oxygens (including phenoxy) is 1. The molecule has 1 fully saturated rings. The molecule has 1 aliphatic rings. The number of nitrogens with zero attached hydrogens (tertiary/aromatic N) is 2. The van der Waals surface area contributed by atoms with Gasteiger partial charge in [-0.05, 0) is 31.9 Å². The highest BCUT2D eigenvalue weighted by Gasteiger charge is 2.22. The minimum absolute atomic E-state index is 0.328. The number of halogens is 2. The quantitative estimate of drug-likeness (QED) is 0.850. The standard InChI is InChI=1S/C13H19Cl2N3O/c14-10-8-12(15)13(17-9-10)18-5-2-11(3-6-18)19-7-1-4-16/h8-9,11H,1-7,16H2. The number of rotatable bonds is 5. The normalized spacial score (nSPS) is 16.9. The minimum Gasteiger partial charge on any atom is -0.378 e. The van der Waals surface area contributed by atoms with Crippen LogP contribution in [0.3, 0.4) is 0 Å². The van der Waals surface area contributed by atoms with Crippen LogP contribution in [0.1, 0.15) is 19.3 Å². The van der Waals surface area contributed by atoms with Gasteiger partial charge in [0.2, 0.25) is 0 Å². The molecule has 1 aromatic rings. The summed E-state index contributed by atoms with van der Waals surface area (Å²) in [5.41, 5.74) is 5.45. The van der Waals surface area contributed by atoms with Gasteiger partial charge in [-0.25, -0.2) is 4.98 Å². The van der Waals surface area contributed by atoms with Gasteiger partial charge in [-0.15, -0.1) is 0 Å². The van der Waals surface area contributed by atoms with Gasteiger partial charge in [0.25, 0.3) is 0 Å². The van der Waals surface area contributed by atoms with Crippen molar-refractivity contribution in [3.8, 4) is 0 Å². The summed E-state index contributed by atoms with van der Waals surface area (Å²) in [6, 6.07) is 1.73. The topological polar surface area (TPSA) is 51.4 Å². The molecule has 0 atom stereocenters. The van der Waals surface area contributed by atoms with Crippen molar-refractivity contribution in [3.63, 3.8) is 0 Å². The third-order valence-corrected chi connectivity index (χ3v) is 3.72. The first-order chi connectivity index (χ1) is 9.20. The van der Waals surface area contributed by atoms with E-state index in [2.05, 4.69) is 9.88 Å². The maximum atomic E-state index is 6.17. The van der Waals surface area contributed by atoms with Crippen LogP contribution in [0.25, 0.3) is 0 Å². The Kier molecular flexibility index (Phi) is 5.70. The smallest absolute Gasteiger partial charge is 0.147 e. The number of aromatic nitrogens is 1. The molecular formula is C13H19Cl2N3O. The molecule has 0 saturated carbocycles. The zero-order chi connectivity index (χ0) is 13.7. The molecule has 2 N–H and O–H groups in total. The SMILES string of the molecule is NCCCOC1CCN(c2ncc(Cl)cc2Cl)CC1.